The molecule has 0 aliphatic rings. The third-order valence-electron chi connectivity index (χ3n) is 1.90. The fourth-order valence-electron chi connectivity index (χ4n) is 1.17. The molecule has 0 saturated carbocycles. The largest absolute Gasteiger partial charge is 0.418 e. The molecule has 2 N–H and O–H groups in total. The summed E-state index contributed by atoms with van der Waals surface area (Å²) in [6, 6.07) is 0.878. The fourth-order valence-corrected chi connectivity index (χ4v) is 4.06. The lowest BCUT2D eigenvalue weighted by Gasteiger charge is -2.22. The summed E-state index contributed by atoms with van der Waals surface area (Å²) in [7, 11) is -1.65. The molecule has 0 aliphatic heterocycles. The minimum absolute atomic E-state index is 0.618. The Labute approximate surface area is 87.3 Å². The first-order valence-corrected chi connectivity index (χ1v) is 7.30. The molecule has 0 fully saturated rings. The zero-order valence-electron chi connectivity index (χ0n) is 8.31. The highest BCUT2D eigenvalue weighted by atomic mass is 32.1. The van der Waals surface area contributed by atoms with E-state index in [-0.39, 0.29) is 0 Å². The molecule has 0 saturated heterocycles. The molecule has 0 spiro atoms. The normalized spacial score (nSPS) is 18.2. The lowest BCUT2D eigenvalue weighted by Crippen LogP contribution is -2.41. The van der Waals surface area contributed by atoms with E-state index < -0.39 is 20.9 Å². The molecule has 0 bridgehead atoms. The van der Waals surface area contributed by atoms with Gasteiger partial charge in [0.25, 0.3) is 0 Å². The van der Waals surface area contributed by atoms with Crippen molar-refractivity contribution < 1.29 is 14.6 Å². The van der Waals surface area contributed by atoms with E-state index >= 15 is 0 Å². The van der Waals surface area contributed by atoms with E-state index in [9.17, 15) is 10.2 Å². The van der Waals surface area contributed by atoms with Gasteiger partial charge in [0.15, 0.2) is 0 Å². The SMILES string of the molecule is CCO[SiH](CCCS)C(O)C(C)O. The predicted octanol–water partition coefficient (Wildman–Crippen LogP) is 0.348. The number of thiol groups is 1. The number of aliphatic hydroxyl groups is 2. The van der Waals surface area contributed by atoms with Crippen molar-refractivity contribution in [3.05, 3.63) is 0 Å². The van der Waals surface area contributed by atoms with E-state index in [1.807, 2.05) is 6.92 Å². The first kappa shape index (κ1) is 13.4. The standard InChI is InChI=1S/C8H20O3SSi/c1-3-11-13(6-4-5-12)8(10)7(2)9/h7-10,12-13H,3-6H2,1-2H3. The topological polar surface area (TPSA) is 49.7 Å². The Hall–Kier alpha value is 0.447. The molecular formula is C8H20O3SSi. The van der Waals surface area contributed by atoms with Crippen LogP contribution in [0.3, 0.4) is 0 Å². The van der Waals surface area contributed by atoms with Crippen molar-refractivity contribution in [1.82, 2.24) is 0 Å². The summed E-state index contributed by atoms with van der Waals surface area (Å²) < 4.78 is 5.46. The van der Waals surface area contributed by atoms with Gasteiger partial charge in [-0.2, -0.15) is 12.6 Å². The van der Waals surface area contributed by atoms with Crippen molar-refractivity contribution in [2.24, 2.45) is 0 Å². The monoisotopic (exact) mass is 224 g/mol. The van der Waals surface area contributed by atoms with E-state index in [4.69, 9.17) is 4.43 Å². The summed E-state index contributed by atoms with van der Waals surface area (Å²) in [5.74, 6) is 0.809. The second-order valence-corrected chi connectivity index (χ2v) is 6.21. The molecule has 80 valence electrons. The smallest absolute Gasteiger partial charge is 0.208 e. The molecule has 0 rings (SSSR count). The number of hydrogen-bond acceptors (Lipinski definition) is 4. The molecule has 0 aromatic rings. The highest BCUT2D eigenvalue weighted by Crippen LogP contribution is 2.08. The van der Waals surface area contributed by atoms with Gasteiger partial charge in [0, 0.05) is 6.61 Å². The van der Waals surface area contributed by atoms with E-state index in [0.29, 0.717) is 6.61 Å². The molecule has 0 aromatic carbocycles. The lowest BCUT2D eigenvalue weighted by atomic mass is 10.4. The van der Waals surface area contributed by atoms with Gasteiger partial charge in [0.05, 0.1) is 11.8 Å². The molecule has 0 aliphatic carbocycles. The molecule has 13 heavy (non-hydrogen) atoms. The molecule has 0 heterocycles. The van der Waals surface area contributed by atoms with Crippen LogP contribution in [0.5, 0.6) is 0 Å². The van der Waals surface area contributed by atoms with Gasteiger partial charge in [-0.05, 0) is 32.1 Å². The van der Waals surface area contributed by atoms with Crippen LogP contribution in [0.4, 0.5) is 0 Å². The molecule has 0 radical (unpaired) electrons. The Bertz CT molecular complexity index is 124. The second-order valence-electron chi connectivity index (χ2n) is 3.09. The molecule has 0 amide bonds. The van der Waals surface area contributed by atoms with Crippen LogP contribution in [-0.2, 0) is 4.43 Å². The predicted molar refractivity (Wildman–Crippen MR) is 59.7 cm³/mol. The van der Waals surface area contributed by atoms with Crippen LogP contribution in [0.15, 0.2) is 0 Å². The third kappa shape index (κ3) is 5.69. The third-order valence-corrected chi connectivity index (χ3v) is 5.28. The number of hydrogen-bond donors (Lipinski definition) is 3. The summed E-state index contributed by atoms with van der Waals surface area (Å²) in [4.78, 5) is 0. The van der Waals surface area contributed by atoms with Crippen molar-refractivity contribution in [2.75, 3.05) is 12.4 Å². The van der Waals surface area contributed by atoms with E-state index in [0.717, 1.165) is 18.2 Å². The van der Waals surface area contributed by atoms with Gasteiger partial charge in [0.1, 0.15) is 0 Å². The Morgan fingerprint density at radius 2 is 2.08 bits per heavy atom. The molecule has 3 atom stereocenters. The second kappa shape index (κ2) is 7.81. The molecule has 3 nitrogen and oxygen atoms in total. The first-order chi connectivity index (χ1) is 6.13. The summed E-state index contributed by atoms with van der Waals surface area (Å²) in [6.45, 7) is 4.13. The van der Waals surface area contributed by atoms with E-state index in [1.54, 1.807) is 6.92 Å². The van der Waals surface area contributed by atoms with Gasteiger partial charge in [0.2, 0.25) is 9.04 Å². The molecular weight excluding hydrogens is 204 g/mol. The first-order valence-electron chi connectivity index (χ1n) is 4.72. The maximum atomic E-state index is 9.61. The highest BCUT2D eigenvalue weighted by molar-refractivity contribution is 7.80. The van der Waals surface area contributed by atoms with Crippen molar-refractivity contribution in [1.29, 1.82) is 0 Å². The molecule has 3 unspecified atom stereocenters. The summed E-state index contributed by atoms with van der Waals surface area (Å²) in [6.07, 6.45) is 0.271. The van der Waals surface area contributed by atoms with Gasteiger partial charge in [-0.15, -0.1) is 0 Å². The summed E-state index contributed by atoms with van der Waals surface area (Å²) in [5, 5.41) is 18.8. The van der Waals surface area contributed by atoms with Crippen molar-refractivity contribution in [2.45, 2.75) is 38.1 Å². The van der Waals surface area contributed by atoms with E-state index in [1.165, 1.54) is 0 Å². The Balaban J connectivity index is 3.90. The van der Waals surface area contributed by atoms with Crippen LogP contribution >= 0.6 is 12.6 Å². The van der Waals surface area contributed by atoms with Crippen molar-refractivity contribution in [3.63, 3.8) is 0 Å². The van der Waals surface area contributed by atoms with Crippen molar-refractivity contribution >= 4 is 21.7 Å². The Kier molecular flexibility index (Phi) is 8.08. The van der Waals surface area contributed by atoms with Crippen molar-refractivity contribution in [3.8, 4) is 0 Å². The maximum Gasteiger partial charge on any atom is 0.208 e. The van der Waals surface area contributed by atoms with Gasteiger partial charge >= 0.3 is 0 Å². The summed E-state index contributed by atoms with van der Waals surface area (Å²) >= 11 is 4.11. The zero-order chi connectivity index (χ0) is 10.3. The maximum absolute atomic E-state index is 9.61. The average Bonchev–Trinajstić information content (AvgIpc) is 2.11. The van der Waals surface area contributed by atoms with Crippen LogP contribution in [0.25, 0.3) is 0 Å². The van der Waals surface area contributed by atoms with Gasteiger partial charge in [-0.1, -0.05) is 0 Å². The Morgan fingerprint density at radius 3 is 2.46 bits per heavy atom. The zero-order valence-corrected chi connectivity index (χ0v) is 10.4. The molecule has 0 aromatic heterocycles. The number of rotatable bonds is 7. The summed E-state index contributed by atoms with van der Waals surface area (Å²) in [5.41, 5.74) is -0.653. The fraction of sp³-hybridized carbons (Fsp3) is 1.00. The van der Waals surface area contributed by atoms with Crippen LogP contribution in [0, 0.1) is 0 Å². The quantitative estimate of drug-likeness (QED) is 0.432. The van der Waals surface area contributed by atoms with Crippen LogP contribution in [-0.4, -0.2) is 43.4 Å². The number of aliphatic hydroxyl groups excluding tert-OH is 2. The van der Waals surface area contributed by atoms with Gasteiger partial charge in [-0.25, -0.2) is 0 Å². The van der Waals surface area contributed by atoms with Gasteiger partial charge < -0.3 is 14.6 Å². The lowest BCUT2D eigenvalue weighted by molar-refractivity contribution is 0.0650. The van der Waals surface area contributed by atoms with Crippen LogP contribution < -0.4 is 0 Å². The average molecular weight is 224 g/mol. The minimum atomic E-state index is -1.65. The minimum Gasteiger partial charge on any atom is -0.418 e. The molecule has 5 heteroatoms. The van der Waals surface area contributed by atoms with Crippen LogP contribution in [0.2, 0.25) is 6.04 Å². The van der Waals surface area contributed by atoms with Gasteiger partial charge in [-0.3, -0.25) is 0 Å². The highest BCUT2D eigenvalue weighted by Gasteiger charge is 2.25. The van der Waals surface area contributed by atoms with E-state index in [2.05, 4.69) is 12.6 Å². The Morgan fingerprint density at radius 1 is 1.46 bits per heavy atom. The van der Waals surface area contributed by atoms with Crippen LogP contribution in [0.1, 0.15) is 20.3 Å².